The van der Waals surface area contributed by atoms with Crippen molar-refractivity contribution >= 4 is 16.6 Å². The number of rotatable bonds is 6. The molecule has 2 rings (SSSR count). The predicted octanol–water partition coefficient (Wildman–Crippen LogP) is 3.64. The van der Waals surface area contributed by atoms with Crippen LogP contribution in [-0.4, -0.2) is 21.3 Å². The van der Waals surface area contributed by atoms with Gasteiger partial charge in [-0.15, -0.1) is 5.10 Å². The summed E-state index contributed by atoms with van der Waals surface area (Å²) < 4.78 is 7.58. The van der Waals surface area contributed by atoms with Gasteiger partial charge < -0.3 is 4.74 Å². The molecule has 0 spiro atoms. The lowest BCUT2D eigenvalue weighted by molar-refractivity contribution is -0.384. The summed E-state index contributed by atoms with van der Waals surface area (Å²) in [5.41, 5.74) is 0.925. The van der Waals surface area contributed by atoms with Crippen LogP contribution in [0.15, 0.2) is 18.2 Å². The highest BCUT2D eigenvalue weighted by molar-refractivity contribution is 5.86. The summed E-state index contributed by atoms with van der Waals surface area (Å²) in [6.07, 6.45) is 0. The molecule has 0 saturated carbocycles. The van der Waals surface area contributed by atoms with E-state index in [9.17, 15) is 10.1 Å². The van der Waals surface area contributed by atoms with E-state index >= 15 is 0 Å². The van der Waals surface area contributed by atoms with Gasteiger partial charge in [0.25, 0.3) is 5.69 Å². The number of fused-ring (bicyclic) bond motifs is 1. The molecule has 6 nitrogen and oxygen atoms in total. The Morgan fingerprint density at radius 3 is 2.57 bits per heavy atom. The quantitative estimate of drug-likeness (QED) is 0.602. The molecule has 2 aromatic rings. The van der Waals surface area contributed by atoms with Crippen LogP contribution < -0.4 is 4.74 Å². The van der Waals surface area contributed by atoms with Gasteiger partial charge in [-0.3, -0.25) is 14.8 Å². The van der Waals surface area contributed by atoms with Crippen LogP contribution in [0.1, 0.15) is 27.7 Å². The minimum absolute atomic E-state index is 0.0565. The summed E-state index contributed by atoms with van der Waals surface area (Å²) >= 11 is 0. The first-order chi connectivity index (χ1) is 9.88. The van der Waals surface area contributed by atoms with Gasteiger partial charge in [-0.05, 0) is 17.9 Å². The van der Waals surface area contributed by atoms with E-state index < -0.39 is 4.92 Å². The molecule has 0 aliphatic heterocycles. The van der Waals surface area contributed by atoms with Gasteiger partial charge in [0.1, 0.15) is 0 Å². The smallest absolute Gasteiger partial charge is 0.270 e. The van der Waals surface area contributed by atoms with Gasteiger partial charge in [-0.1, -0.05) is 27.7 Å². The van der Waals surface area contributed by atoms with Gasteiger partial charge >= 0.3 is 0 Å². The van der Waals surface area contributed by atoms with Crippen molar-refractivity contribution in [3.63, 3.8) is 0 Å². The fraction of sp³-hybridized carbons (Fsp3) is 0.533. The van der Waals surface area contributed by atoms with Crippen molar-refractivity contribution in [2.75, 3.05) is 6.61 Å². The van der Waals surface area contributed by atoms with E-state index in [-0.39, 0.29) is 5.69 Å². The van der Waals surface area contributed by atoms with Gasteiger partial charge in [-0.25, -0.2) is 0 Å². The SMILES string of the molecule is CC(C)COc1nn(CC(C)C)c2ccc([N+](=O)[O-])cc12. The summed E-state index contributed by atoms with van der Waals surface area (Å²) in [7, 11) is 0. The molecule has 0 unspecified atom stereocenters. The maximum atomic E-state index is 10.9. The molecule has 0 aliphatic rings. The molecule has 0 N–H and O–H groups in total. The molecule has 114 valence electrons. The molecule has 1 heterocycles. The molecule has 0 radical (unpaired) electrons. The number of non-ortho nitro benzene ring substituents is 1. The molecule has 1 aromatic heterocycles. The molecule has 6 heteroatoms. The van der Waals surface area contributed by atoms with Crippen LogP contribution in [0.2, 0.25) is 0 Å². The Labute approximate surface area is 123 Å². The number of hydrogen-bond donors (Lipinski definition) is 0. The average Bonchev–Trinajstić information content (AvgIpc) is 2.73. The maximum Gasteiger partial charge on any atom is 0.270 e. The van der Waals surface area contributed by atoms with Crippen molar-refractivity contribution < 1.29 is 9.66 Å². The molecular weight excluding hydrogens is 270 g/mol. The summed E-state index contributed by atoms with van der Waals surface area (Å²) in [4.78, 5) is 10.5. The normalized spacial score (nSPS) is 11.5. The van der Waals surface area contributed by atoms with Crippen molar-refractivity contribution in [2.45, 2.75) is 34.2 Å². The van der Waals surface area contributed by atoms with E-state index in [2.05, 4.69) is 32.8 Å². The van der Waals surface area contributed by atoms with E-state index in [1.54, 1.807) is 6.07 Å². The third kappa shape index (κ3) is 3.51. The molecule has 0 amide bonds. The van der Waals surface area contributed by atoms with Crippen LogP contribution >= 0.6 is 0 Å². The van der Waals surface area contributed by atoms with Crippen molar-refractivity contribution in [3.8, 4) is 5.88 Å². The lowest BCUT2D eigenvalue weighted by Gasteiger charge is -2.06. The summed E-state index contributed by atoms with van der Waals surface area (Å²) in [6, 6.07) is 4.78. The van der Waals surface area contributed by atoms with Gasteiger partial charge in [0.15, 0.2) is 0 Å². The topological polar surface area (TPSA) is 70.2 Å². The average molecular weight is 291 g/mol. The van der Waals surface area contributed by atoms with Crippen molar-refractivity contribution in [1.82, 2.24) is 9.78 Å². The van der Waals surface area contributed by atoms with Crippen molar-refractivity contribution in [3.05, 3.63) is 28.3 Å². The molecule has 0 aliphatic carbocycles. The number of ether oxygens (including phenoxy) is 1. The van der Waals surface area contributed by atoms with Crippen LogP contribution in [-0.2, 0) is 6.54 Å². The molecule has 0 fully saturated rings. The number of nitro benzene ring substituents is 1. The van der Waals surface area contributed by atoms with Crippen LogP contribution in [0, 0.1) is 22.0 Å². The lowest BCUT2D eigenvalue weighted by atomic mass is 10.2. The number of nitrogens with zero attached hydrogens (tertiary/aromatic N) is 3. The van der Waals surface area contributed by atoms with Crippen LogP contribution in [0.3, 0.4) is 0 Å². The predicted molar refractivity (Wildman–Crippen MR) is 81.6 cm³/mol. The third-order valence-corrected chi connectivity index (χ3v) is 3.00. The van der Waals surface area contributed by atoms with E-state index in [1.807, 2.05) is 4.68 Å². The number of benzene rings is 1. The molecule has 0 atom stereocenters. The first-order valence-corrected chi connectivity index (χ1v) is 7.16. The van der Waals surface area contributed by atoms with Crippen LogP contribution in [0.4, 0.5) is 5.69 Å². The first kappa shape index (κ1) is 15.3. The summed E-state index contributed by atoms with van der Waals surface area (Å²) in [6.45, 7) is 9.60. The largest absolute Gasteiger partial charge is 0.476 e. The minimum atomic E-state index is -0.397. The Balaban J connectivity index is 2.48. The zero-order chi connectivity index (χ0) is 15.6. The molecule has 1 aromatic carbocycles. The van der Waals surface area contributed by atoms with Crippen molar-refractivity contribution in [2.24, 2.45) is 11.8 Å². The molecular formula is C15H21N3O3. The maximum absolute atomic E-state index is 10.9. The van der Waals surface area contributed by atoms with Gasteiger partial charge in [0.2, 0.25) is 5.88 Å². The molecule has 21 heavy (non-hydrogen) atoms. The highest BCUT2D eigenvalue weighted by Gasteiger charge is 2.17. The third-order valence-electron chi connectivity index (χ3n) is 3.00. The van der Waals surface area contributed by atoms with E-state index in [0.717, 1.165) is 12.1 Å². The zero-order valence-electron chi connectivity index (χ0n) is 12.9. The number of hydrogen-bond acceptors (Lipinski definition) is 4. The van der Waals surface area contributed by atoms with Gasteiger partial charge in [0, 0.05) is 18.7 Å². The second kappa shape index (κ2) is 6.11. The van der Waals surface area contributed by atoms with E-state index in [1.165, 1.54) is 12.1 Å². The highest BCUT2D eigenvalue weighted by atomic mass is 16.6. The van der Waals surface area contributed by atoms with E-state index in [0.29, 0.717) is 29.7 Å². The Kier molecular flexibility index (Phi) is 4.45. The number of aromatic nitrogens is 2. The van der Waals surface area contributed by atoms with Gasteiger partial charge in [-0.2, -0.15) is 0 Å². The first-order valence-electron chi connectivity index (χ1n) is 7.16. The Morgan fingerprint density at radius 2 is 2.00 bits per heavy atom. The van der Waals surface area contributed by atoms with Crippen LogP contribution in [0.5, 0.6) is 5.88 Å². The highest BCUT2D eigenvalue weighted by Crippen LogP contribution is 2.29. The second-order valence-corrected chi connectivity index (χ2v) is 6.04. The summed E-state index contributed by atoms with van der Waals surface area (Å²) in [5, 5.41) is 16.1. The number of nitro groups is 1. The summed E-state index contributed by atoms with van der Waals surface area (Å²) in [5.74, 6) is 1.28. The standard InChI is InChI=1S/C15H21N3O3/c1-10(2)8-17-14-6-5-12(18(19)20)7-13(14)15(16-17)21-9-11(3)4/h5-7,10-11H,8-9H2,1-4H3. The zero-order valence-corrected chi connectivity index (χ0v) is 12.9. The van der Waals surface area contributed by atoms with E-state index in [4.69, 9.17) is 4.74 Å². The van der Waals surface area contributed by atoms with Crippen molar-refractivity contribution in [1.29, 1.82) is 0 Å². The minimum Gasteiger partial charge on any atom is -0.476 e. The Bertz CT molecular complexity index is 647. The Morgan fingerprint density at radius 1 is 1.29 bits per heavy atom. The fourth-order valence-electron chi connectivity index (χ4n) is 2.09. The fourth-order valence-corrected chi connectivity index (χ4v) is 2.09. The molecule has 0 bridgehead atoms. The second-order valence-electron chi connectivity index (χ2n) is 6.04. The van der Waals surface area contributed by atoms with Gasteiger partial charge in [0.05, 0.1) is 22.4 Å². The Hall–Kier alpha value is -2.11. The monoisotopic (exact) mass is 291 g/mol. The molecule has 0 saturated heterocycles. The lowest BCUT2D eigenvalue weighted by Crippen LogP contribution is -2.08. The van der Waals surface area contributed by atoms with Crippen LogP contribution in [0.25, 0.3) is 10.9 Å².